The van der Waals surface area contributed by atoms with Gasteiger partial charge in [0, 0.05) is 34.3 Å². The fraction of sp³-hybridized carbons (Fsp3) is 0.214. The fourth-order valence-corrected chi connectivity index (χ4v) is 4.28. The van der Waals surface area contributed by atoms with E-state index in [0.717, 1.165) is 13.0 Å². The van der Waals surface area contributed by atoms with E-state index in [2.05, 4.69) is 45.3 Å². The molecule has 0 atom stereocenters. The first kappa shape index (κ1) is 13.0. The highest BCUT2D eigenvalue weighted by Gasteiger charge is 2.15. The van der Waals surface area contributed by atoms with Crippen LogP contribution in [0.2, 0.25) is 0 Å². The monoisotopic (exact) mass is 306 g/mol. The van der Waals surface area contributed by atoms with Gasteiger partial charge in [0.25, 0.3) is 0 Å². The van der Waals surface area contributed by atoms with Crippen molar-refractivity contribution in [1.82, 2.24) is 10.3 Å². The SMILES string of the molecule is c1csc(C(NCCc2nccs2)c2cccs2)c1. The summed E-state index contributed by atoms with van der Waals surface area (Å²) in [6.07, 6.45) is 2.86. The molecule has 0 saturated heterocycles. The molecule has 0 fully saturated rings. The third kappa shape index (κ3) is 3.30. The molecule has 0 spiro atoms. The average molecular weight is 306 g/mol. The molecule has 0 aliphatic rings. The molecule has 0 aromatic carbocycles. The first-order chi connectivity index (χ1) is 9.43. The minimum absolute atomic E-state index is 0.319. The Morgan fingerprint density at radius 1 is 1.00 bits per heavy atom. The molecule has 0 radical (unpaired) electrons. The molecule has 2 nitrogen and oxygen atoms in total. The first-order valence-corrected chi connectivity index (χ1v) is 8.76. The number of hydrogen-bond acceptors (Lipinski definition) is 5. The van der Waals surface area contributed by atoms with Crippen molar-refractivity contribution in [1.29, 1.82) is 0 Å². The van der Waals surface area contributed by atoms with Crippen LogP contribution < -0.4 is 5.32 Å². The standard InChI is InChI=1S/C14H14N2S3/c1-3-11(17-8-1)14(12-4-2-9-18-12)16-6-5-13-15-7-10-19-13/h1-4,7-10,14,16H,5-6H2. The van der Waals surface area contributed by atoms with Crippen LogP contribution in [0.4, 0.5) is 0 Å². The number of nitrogens with one attached hydrogen (secondary N) is 1. The van der Waals surface area contributed by atoms with Crippen molar-refractivity contribution in [2.75, 3.05) is 6.54 Å². The summed E-state index contributed by atoms with van der Waals surface area (Å²) in [6, 6.07) is 8.95. The van der Waals surface area contributed by atoms with Crippen molar-refractivity contribution in [3.05, 3.63) is 61.4 Å². The van der Waals surface area contributed by atoms with Gasteiger partial charge in [0.1, 0.15) is 0 Å². The fourth-order valence-electron chi connectivity index (χ4n) is 1.95. The van der Waals surface area contributed by atoms with Crippen molar-refractivity contribution in [2.45, 2.75) is 12.5 Å². The highest BCUT2D eigenvalue weighted by molar-refractivity contribution is 7.11. The van der Waals surface area contributed by atoms with E-state index < -0.39 is 0 Å². The Balaban J connectivity index is 1.67. The van der Waals surface area contributed by atoms with Gasteiger partial charge in [0.2, 0.25) is 0 Å². The predicted octanol–water partition coefficient (Wildman–Crippen LogP) is 4.19. The van der Waals surface area contributed by atoms with Gasteiger partial charge in [-0.05, 0) is 22.9 Å². The second-order valence-corrected chi connectivity index (χ2v) is 7.03. The second-order valence-electron chi connectivity index (χ2n) is 4.09. The van der Waals surface area contributed by atoms with E-state index in [-0.39, 0.29) is 0 Å². The summed E-state index contributed by atoms with van der Waals surface area (Å²) in [4.78, 5) is 7.08. The van der Waals surface area contributed by atoms with Gasteiger partial charge in [-0.3, -0.25) is 0 Å². The largest absolute Gasteiger partial charge is 0.304 e. The average Bonchev–Trinajstić information content (AvgIpc) is 3.15. The Hall–Kier alpha value is -1.01. The summed E-state index contributed by atoms with van der Waals surface area (Å²) in [5.74, 6) is 0. The zero-order chi connectivity index (χ0) is 12.9. The van der Waals surface area contributed by atoms with E-state index in [0.29, 0.717) is 6.04 Å². The van der Waals surface area contributed by atoms with Gasteiger partial charge < -0.3 is 5.32 Å². The number of thiazole rings is 1. The zero-order valence-corrected chi connectivity index (χ0v) is 12.7. The van der Waals surface area contributed by atoms with Gasteiger partial charge in [0.05, 0.1) is 11.0 Å². The van der Waals surface area contributed by atoms with Crippen molar-refractivity contribution in [2.24, 2.45) is 0 Å². The molecular formula is C14H14N2S3. The maximum absolute atomic E-state index is 4.32. The number of hydrogen-bond donors (Lipinski definition) is 1. The van der Waals surface area contributed by atoms with E-state index in [1.165, 1.54) is 14.8 Å². The molecular weight excluding hydrogens is 292 g/mol. The van der Waals surface area contributed by atoms with E-state index in [4.69, 9.17) is 0 Å². The van der Waals surface area contributed by atoms with Crippen LogP contribution >= 0.6 is 34.0 Å². The smallest absolute Gasteiger partial charge is 0.0937 e. The van der Waals surface area contributed by atoms with Crippen LogP contribution in [0.5, 0.6) is 0 Å². The van der Waals surface area contributed by atoms with Crippen LogP contribution in [0.15, 0.2) is 46.6 Å². The minimum atomic E-state index is 0.319. The molecule has 1 N–H and O–H groups in total. The Morgan fingerprint density at radius 3 is 2.26 bits per heavy atom. The Morgan fingerprint density at radius 2 is 1.74 bits per heavy atom. The molecule has 3 aromatic rings. The Bertz CT molecular complexity index is 536. The summed E-state index contributed by atoms with van der Waals surface area (Å²) in [6.45, 7) is 0.952. The van der Waals surface area contributed by atoms with Crippen molar-refractivity contribution < 1.29 is 0 Å². The number of nitrogens with zero attached hydrogens (tertiary/aromatic N) is 1. The third-order valence-electron chi connectivity index (χ3n) is 2.83. The number of aromatic nitrogens is 1. The minimum Gasteiger partial charge on any atom is -0.304 e. The molecule has 3 heterocycles. The lowest BCUT2D eigenvalue weighted by molar-refractivity contribution is 0.620. The highest BCUT2D eigenvalue weighted by atomic mass is 32.1. The molecule has 0 bridgehead atoms. The van der Waals surface area contributed by atoms with E-state index in [1.807, 2.05) is 34.3 Å². The van der Waals surface area contributed by atoms with Gasteiger partial charge in [0.15, 0.2) is 0 Å². The summed E-state index contributed by atoms with van der Waals surface area (Å²) in [5, 5.41) is 11.2. The van der Waals surface area contributed by atoms with Gasteiger partial charge in [-0.15, -0.1) is 34.0 Å². The second kappa shape index (κ2) is 6.43. The molecule has 3 rings (SSSR count). The van der Waals surface area contributed by atoms with Gasteiger partial charge in [-0.25, -0.2) is 4.98 Å². The molecule has 19 heavy (non-hydrogen) atoms. The quantitative estimate of drug-likeness (QED) is 0.738. The molecule has 0 saturated carbocycles. The summed E-state index contributed by atoms with van der Waals surface area (Å²) >= 11 is 5.34. The van der Waals surface area contributed by atoms with Gasteiger partial charge >= 0.3 is 0 Å². The predicted molar refractivity (Wildman–Crippen MR) is 84.3 cm³/mol. The number of thiophene rings is 2. The summed E-state index contributed by atoms with van der Waals surface area (Å²) < 4.78 is 0. The molecule has 5 heteroatoms. The maximum Gasteiger partial charge on any atom is 0.0937 e. The lowest BCUT2D eigenvalue weighted by Crippen LogP contribution is -2.23. The van der Waals surface area contributed by atoms with Crippen LogP contribution in [0, 0.1) is 0 Å². The van der Waals surface area contributed by atoms with Crippen LogP contribution in [0.25, 0.3) is 0 Å². The van der Waals surface area contributed by atoms with Gasteiger partial charge in [-0.2, -0.15) is 0 Å². The van der Waals surface area contributed by atoms with Crippen LogP contribution in [-0.2, 0) is 6.42 Å². The van der Waals surface area contributed by atoms with E-state index in [1.54, 1.807) is 11.3 Å². The zero-order valence-electron chi connectivity index (χ0n) is 10.3. The first-order valence-electron chi connectivity index (χ1n) is 6.12. The highest BCUT2D eigenvalue weighted by Crippen LogP contribution is 2.29. The van der Waals surface area contributed by atoms with Gasteiger partial charge in [-0.1, -0.05) is 12.1 Å². The van der Waals surface area contributed by atoms with Crippen molar-refractivity contribution >= 4 is 34.0 Å². The molecule has 0 aliphatic heterocycles. The van der Waals surface area contributed by atoms with Crippen molar-refractivity contribution in [3.63, 3.8) is 0 Å². The van der Waals surface area contributed by atoms with Crippen LogP contribution in [0.1, 0.15) is 20.8 Å². The summed E-state index contributed by atoms with van der Waals surface area (Å²) in [7, 11) is 0. The topological polar surface area (TPSA) is 24.9 Å². The lowest BCUT2D eigenvalue weighted by Gasteiger charge is -2.15. The summed E-state index contributed by atoms with van der Waals surface area (Å²) in [5.41, 5.74) is 0. The van der Waals surface area contributed by atoms with Crippen molar-refractivity contribution in [3.8, 4) is 0 Å². The molecule has 0 amide bonds. The Kier molecular flexibility index (Phi) is 4.40. The van der Waals surface area contributed by atoms with Crippen LogP contribution in [0.3, 0.4) is 0 Å². The maximum atomic E-state index is 4.32. The molecule has 98 valence electrons. The van der Waals surface area contributed by atoms with E-state index >= 15 is 0 Å². The molecule has 0 unspecified atom stereocenters. The third-order valence-corrected chi connectivity index (χ3v) is 5.54. The normalized spacial score (nSPS) is 11.2. The molecule has 0 aliphatic carbocycles. The van der Waals surface area contributed by atoms with Crippen LogP contribution in [-0.4, -0.2) is 11.5 Å². The Labute approximate surface area is 124 Å². The number of rotatable bonds is 6. The lowest BCUT2D eigenvalue weighted by atomic mass is 10.2. The molecule has 3 aromatic heterocycles. The van der Waals surface area contributed by atoms with E-state index in [9.17, 15) is 0 Å².